The molecule has 132 valence electrons. The topological polar surface area (TPSA) is 69.7 Å². The maximum Gasteiger partial charge on any atom is 0.327 e. The van der Waals surface area contributed by atoms with E-state index in [0.29, 0.717) is 10.6 Å². The molecule has 0 spiro atoms. The Morgan fingerprint density at radius 3 is 2.40 bits per heavy atom. The van der Waals surface area contributed by atoms with Crippen LogP contribution < -0.4 is 0 Å². The SMILES string of the molecule is CCOC(=O)C1(C(=O)OCC)C=C2c3ccc(Cl)cc3C(=O)C[C@H]2C1. The second-order valence-corrected chi connectivity index (χ2v) is 6.67. The van der Waals surface area contributed by atoms with Gasteiger partial charge in [0.2, 0.25) is 0 Å². The van der Waals surface area contributed by atoms with E-state index in [4.69, 9.17) is 21.1 Å². The largest absolute Gasteiger partial charge is 0.465 e. The lowest BCUT2D eigenvalue weighted by Crippen LogP contribution is -2.39. The minimum Gasteiger partial charge on any atom is -0.465 e. The fourth-order valence-electron chi connectivity index (χ4n) is 3.64. The third-order valence-electron chi connectivity index (χ3n) is 4.71. The minimum atomic E-state index is -1.49. The van der Waals surface area contributed by atoms with Crippen molar-refractivity contribution in [3.63, 3.8) is 0 Å². The molecule has 2 aliphatic carbocycles. The van der Waals surface area contributed by atoms with E-state index in [9.17, 15) is 14.4 Å². The highest BCUT2D eigenvalue weighted by molar-refractivity contribution is 6.31. The Labute approximate surface area is 150 Å². The van der Waals surface area contributed by atoms with Crippen LogP contribution in [0.2, 0.25) is 5.02 Å². The van der Waals surface area contributed by atoms with Crippen molar-refractivity contribution in [1.29, 1.82) is 0 Å². The summed E-state index contributed by atoms with van der Waals surface area (Å²) in [7, 11) is 0. The van der Waals surface area contributed by atoms with E-state index in [1.807, 2.05) is 0 Å². The first-order valence-electron chi connectivity index (χ1n) is 8.33. The zero-order chi connectivity index (χ0) is 18.2. The van der Waals surface area contributed by atoms with Crippen LogP contribution in [0.25, 0.3) is 5.57 Å². The molecule has 1 aromatic carbocycles. The zero-order valence-corrected chi connectivity index (χ0v) is 14.9. The number of halogens is 1. The van der Waals surface area contributed by atoms with Gasteiger partial charge in [-0.3, -0.25) is 14.4 Å². The lowest BCUT2D eigenvalue weighted by atomic mass is 9.78. The number of rotatable bonds is 4. The van der Waals surface area contributed by atoms with Crippen molar-refractivity contribution in [1.82, 2.24) is 0 Å². The number of ketones is 1. The predicted octanol–water partition coefficient (Wildman–Crippen LogP) is 3.44. The molecule has 0 N–H and O–H groups in total. The number of hydrogen-bond acceptors (Lipinski definition) is 5. The minimum absolute atomic E-state index is 0.0387. The first kappa shape index (κ1) is 17.7. The highest BCUT2D eigenvalue weighted by Gasteiger charge is 2.54. The van der Waals surface area contributed by atoms with Gasteiger partial charge >= 0.3 is 11.9 Å². The van der Waals surface area contributed by atoms with Crippen molar-refractivity contribution in [2.45, 2.75) is 26.7 Å². The molecule has 2 aliphatic rings. The van der Waals surface area contributed by atoms with Crippen LogP contribution in [0.1, 0.15) is 42.6 Å². The molecule has 0 fully saturated rings. The molecule has 25 heavy (non-hydrogen) atoms. The number of Topliss-reactive ketones (excluding diaryl/α,β-unsaturated/α-hetero) is 1. The molecule has 1 atom stereocenters. The van der Waals surface area contributed by atoms with Crippen LogP contribution in [0, 0.1) is 11.3 Å². The predicted molar refractivity (Wildman–Crippen MR) is 92.2 cm³/mol. The van der Waals surface area contributed by atoms with Crippen LogP contribution in [0.5, 0.6) is 0 Å². The summed E-state index contributed by atoms with van der Waals surface area (Å²) in [6.45, 7) is 3.71. The number of carbonyl (C=O) groups excluding carboxylic acids is 3. The summed E-state index contributed by atoms with van der Waals surface area (Å²) in [5, 5.41) is 0.478. The van der Waals surface area contributed by atoms with E-state index in [1.54, 1.807) is 38.1 Å². The summed E-state index contributed by atoms with van der Waals surface area (Å²) in [5.41, 5.74) is 0.570. The Balaban J connectivity index is 2.11. The highest BCUT2D eigenvalue weighted by atomic mass is 35.5. The summed E-state index contributed by atoms with van der Waals surface area (Å²) in [6.07, 6.45) is 2.06. The third-order valence-corrected chi connectivity index (χ3v) is 4.95. The van der Waals surface area contributed by atoms with E-state index >= 15 is 0 Å². The highest BCUT2D eigenvalue weighted by Crippen LogP contribution is 2.51. The Morgan fingerprint density at radius 2 is 1.80 bits per heavy atom. The van der Waals surface area contributed by atoms with Crippen molar-refractivity contribution < 1.29 is 23.9 Å². The number of fused-ring (bicyclic) bond motifs is 3. The average molecular weight is 363 g/mol. The number of ether oxygens (including phenoxy) is 2. The summed E-state index contributed by atoms with van der Waals surface area (Å²) in [6, 6.07) is 5.09. The Bertz CT molecular complexity index is 762. The molecule has 0 saturated carbocycles. The number of allylic oxidation sites excluding steroid dienone is 1. The molecule has 6 heteroatoms. The molecule has 3 rings (SSSR count). The van der Waals surface area contributed by atoms with Gasteiger partial charge in [0.25, 0.3) is 0 Å². The molecular formula is C19H19ClO5. The van der Waals surface area contributed by atoms with E-state index in [2.05, 4.69) is 0 Å². The summed E-state index contributed by atoms with van der Waals surface area (Å²) in [4.78, 5) is 37.7. The molecule has 0 bridgehead atoms. The van der Waals surface area contributed by atoms with Crippen LogP contribution in [0.4, 0.5) is 0 Å². The Morgan fingerprint density at radius 1 is 1.16 bits per heavy atom. The fourth-order valence-corrected chi connectivity index (χ4v) is 3.81. The van der Waals surface area contributed by atoms with Crippen LogP contribution in [-0.4, -0.2) is 30.9 Å². The monoisotopic (exact) mass is 362 g/mol. The van der Waals surface area contributed by atoms with Crippen molar-refractivity contribution in [2.24, 2.45) is 11.3 Å². The molecule has 0 heterocycles. The van der Waals surface area contributed by atoms with Crippen molar-refractivity contribution in [2.75, 3.05) is 13.2 Å². The van der Waals surface area contributed by atoms with Gasteiger partial charge in [0.1, 0.15) is 0 Å². The lowest BCUT2D eigenvalue weighted by Gasteiger charge is -2.25. The first-order chi connectivity index (χ1) is 11.9. The molecule has 0 radical (unpaired) electrons. The Kier molecular flexibility index (Phi) is 4.69. The molecule has 1 aromatic rings. The van der Waals surface area contributed by atoms with Gasteiger partial charge in [0, 0.05) is 17.0 Å². The van der Waals surface area contributed by atoms with Gasteiger partial charge < -0.3 is 9.47 Å². The second kappa shape index (κ2) is 6.64. The first-order valence-corrected chi connectivity index (χ1v) is 8.71. The van der Waals surface area contributed by atoms with Crippen LogP contribution >= 0.6 is 11.6 Å². The summed E-state index contributed by atoms with van der Waals surface area (Å²) in [5.74, 6) is -1.50. The number of benzene rings is 1. The van der Waals surface area contributed by atoms with Crippen molar-refractivity contribution in [3.05, 3.63) is 40.4 Å². The van der Waals surface area contributed by atoms with Gasteiger partial charge in [-0.2, -0.15) is 0 Å². The second-order valence-electron chi connectivity index (χ2n) is 6.23. The molecule has 0 amide bonds. The maximum atomic E-state index is 12.6. The molecular weight excluding hydrogens is 344 g/mol. The van der Waals surface area contributed by atoms with Crippen molar-refractivity contribution >= 4 is 34.9 Å². The van der Waals surface area contributed by atoms with Gasteiger partial charge in [-0.1, -0.05) is 23.7 Å². The smallest absolute Gasteiger partial charge is 0.327 e. The standard InChI is InChI=1S/C19H19ClO5/c1-3-24-17(22)19(18(23)25-4-2)9-11-7-16(21)14-8-12(20)5-6-13(14)15(11)10-19/h5-6,8,10-11H,3-4,7,9H2,1-2H3/t11-/m0/s1. The van der Waals surface area contributed by atoms with Gasteiger partial charge in [-0.25, -0.2) is 0 Å². The van der Waals surface area contributed by atoms with Gasteiger partial charge in [0.05, 0.1) is 13.2 Å². The molecule has 0 unspecified atom stereocenters. The van der Waals surface area contributed by atoms with Crippen molar-refractivity contribution in [3.8, 4) is 0 Å². The summed E-state index contributed by atoms with van der Waals surface area (Å²) >= 11 is 6.00. The molecule has 0 saturated heterocycles. The quantitative estimate of drug-likeness (QED) is 0.606. The molecule has 0 aromatic heterocycles. The van der Waals surface area contributed by atoms with Gasteiger partial charge in [-0.05, 0) is 49.5 Å². The lowest BCUT2D eigenvalue weighted by molar-refractivity contribution is -0.168. The molecule has 5 nitrogen and oxygen atoms in total. The number of esters is 2. The number of hydrogen-bond donors (Lipinski definition) is 0. The van der Waals surface area contributed by atoms with Crippen LogP contribution in [0.3, 0.4) is 0 Å². The normalized spacial score (nSPS) is 20.4. The van der Waals surface area contributed by atoms with Crippen LogP contribution in [-0.2, 0) is 19.1 Å². The van der Waals surface area contributed by atoms with Gasteiger partial charge in [-0.15, -0.1) is 0 Å². The van der Waals surface area contributed by atoms with E-state index in [1.165, 1.54) is 0 Å². The average Bonchev–Trinajstić information content (AvgIpc) is 2.96. The fraction of sp³-hybridized carbons (Fsp3) is 0.421. The van der Waals surface area contributed by atoms with E-state index < -0.39 is 17.4 Å². The third kappa shape index (κ3) is 2.86. The Hall–Kier alpha value is -2.14. The maximum absolute atomic E-state index is 12.6. The zero-order valence-electron chi connectivity index (χ0n) is 14.1. The van der Waals surface area contributed by atoms with E-state index in [0.717, 1.165) is 11.1 Å². The molecule has 0 aliphatic heterocycles. The van der Waals surface area contributed by atoms with Gasteiger partial charge in [0.15, 0.2) is 11.2 Å². The summed E-state index contributed by atoms with van der Waals surface area (Å²) < 4.78 is 10.3. The van der Waals surface area contributed by atoms with Crippen LogP contribution in [0.15, 0.2) is 24.3 Å². The number of carbonyl (C=O) groups is 3. The van der Waals surface area contributed by atoms with E-state index in [-0.39, 0.29) is 37.8 Å².